The van der Waals surface area contributed by atoms with Crippen LogP contribution in [-0.4, -0.2) is 34.6 Å². The summed E-state index contributed by atoms with van der Waals surface area (Å²) in [5.74, 6) is -4.94. The molecule has 2 atom stereocenters. The Hall–Kier alpha value is -3.15. The summed E-state index contributed by atoms with van der Waals surface area (Å²) in [5, 5.41) is 21.0. The maximum Gasteiger partial charge on any atom is 0.322 e. The standard InChI is InChI=1S/C20H19NO5/c22-14(23)11-21-19(24)17-15(12-7-3-1-4-8-12)18(20(25)26)16(17)13-9-5-2-6-10-13/h1-10,15-18H,11H2,(H,21,24)(H,22,23)(H,25,26)/t15-,16-,17?,18?/m1/s1. The lowest BCUT2D eigenvalue weighted by atomic mass is 9.52. The topological polar surface area (TPSA) is 104 Å². The summed E-state index contributed by atoms with van der Waals surface area (Å²) in [5.41, 5.74) is 1.53. The van der Waals surface area contributed by atoms with Gasteiger partial charge in [0.1, 0.15) is 6.54 Å². The number of hydrogen-bond acceptors (Lipinski definition) is 3. The van der Waals surface area contributed by atoms with Gasteiger partial charge in [-0.15, -0.1) is 0 Å². The fourth-order valence-electron chi connectivity index (χ4n) is 3.84. The molecule has 3 N–H and O–H groups in total. The first-order valence-electron chi connectivity index (χ1n) is 8.33. The van der Waals surface area contributed by atoms with Crippen LogP contribution in [0.2, 0.25) is 0 Å². The van der Waals surface area contributed by atoms with Crippen molar-refractivity contribution < 1.29 is 24.6 Å². The van der Waals surface area contributed by atoms with Gasteiger partial charge in [0.2, 0.25) is 5.91 Å². The van der Waals surface area contributed by atoms with Gasteiger partial charge >= 0.3 is 11.9 Å². The third-order valence-corrected chi connectivity index (χ3v) is 4.92. The monoisotopic (exact) mass is 353 g/mol. The van der Waals surface area contributed by atoms with Crippen molar-refractivity contribution in [2.75, 3.05) is 6.54 Å². The van der Waals surface area contributed by atoms with Crippen LogP contribution in [0.3, 0.4) is 0 Å². The van der Waals surface area contributed by atoms with Crippen molar-refractivity contribution in [3.05, 3.63) is 71.8 Å². The predicted molar refractivity (Wildman–Crippen MR) is 93.6 cm³/mol. The quantitative estimate of drug-likeness (QED) is 0.738. The second kappa shape index (κ2) is 7.39. The van der Waals surface area contributed by atoms with E-state index in [0.29, 0.717) is 0 Å². The minimum atomic E-state index is -1.14. The average molecular weight is 353 g/mol. The fraction of sp³-hybridized carbons (Fsp3) is 0.250. The van der Waals surface area contributed by atoms with E-state index < -0.39 is 48.1 Å². The Bertz CT molecular complexity index is 758. The van der Waals surface area contributed by atoms with Crippen LogP contribution in [0.1, 0.15) is 23.0 Å². The zero-order valence-corrected chi connectivity index (χ0v) is 13.9. The van der Waals surface area contributed by atoms with Crippen LogP contribution in [0.4, 0.5) is 0 Å². The summed E-state index contributed by atoms with van der Waals surface area (Å²) >= 11 is 0. The molecule has 134 valence electrons. The molecule has 0 bridgehead atoms. The second-order valence-corrected chi connectivity index (χ2v) is 6.37. The molecule has 1 aliphatic rings. The highest BCUT2D eigenvalue weighted by Crippen LogP contribution is 2.57. The molecule has 1 aliphatic carbocycles. The summed E-state index contributed by atoms with van der Waals surface area (Å²) < 4.78 is 0. The summed E-state index contributed by atoms with van der Waals surface area (Å²) in [7, 11) is 0. The first kappa shape index (κ1) is 17.7. The van der Waals surface area contributed by atoms with E-state index in [-0.39, 0.29) is 0 Å². The Morgan fingerprint density at radius 3 is 1.62 bits per heavy atom. The van der Waals surface area contributed by atoms with E-state index in [1.54, 1.807) is 48.5 Å². The molecule has 0 heterocycles. The number of benzene rings is 2. The third-order valence-electron chi connectivity index (χ3n) is 4.92. The van der Waals surface area contributed by atoms with Crippen molar-refractivity contribution in [1.82, 2.24) is 5.32 Å². The fourth-order valence-corrected chi connectivity index (χ4v) is 3.84. The number of amides is 1. The molecule has 1 fully saturated rings. The van der Waals surface area contributed by atoms with Gasteiger partial charge in [0, 0.05) is 11.8 Å². The lowest BCUT2D eigenvalue weighted by molar-refractivity contribution is -0.154. The normalized spacial score (nSPS) is 24.3. The van der Waals surface area contributed by atoms with Gasteiger partial charge in [0.15, 0.2) is 0 Å². The van der Waals surface area contributed by atoms with Gasteiger partial charge in [-0.05, 0) is 11.1 Å². The average Bonchev–Trinajstić information content (AvgIpc) is 2.60. The number of carboxylic acid groups (broad SMARTS) is 2. The summed E-state index contributed by atoms with van der Waals surface area (Å²) in [6.07, 6.45) is 0. The van der Waals surface area contributed by atoms with E-state index in [9.17, 15) is 19.5 Å². The van der Waals surface area contributed by atoms with Gasteiger partial charge in [0.25, 0.3) is 0 Å². The van der Waals surface area contributed by atoms with Crippen LogP contribution in [0, 0.1) is 11.8 Å². The van der Waals surface area contributed by atoms with Crippen molar-refractivity contribution in [1.29, 1.82) is 0 Å². The van der Waals surface area contributed by atoms with Gasteiger partial charge in [-0.3, -0.25) is 14.4 Å². The molecule has 3 rings (SSSR count). The molecule has 1 saturated carbocycles. The van der Waals surface area contributed by atoms with Crippen molar-refractivity contribution >= 4 is 17.8 Å². The van der Waals surface area contributed by atoms with Crippen molar-refractivity contribution in [2.45, 2.75) is 11.8 Å². The van der Waals surface area contributed by atoms with E-state index in [4.69, 9.17) is 5.11 Å². The molecule has 0 unspecified atom stereocenters. The van der Waals surface area contributed by atoms with E-state index >= 15 is 0 Å². The Kier molecular flexibility index (Phi) is 5.02. The van der Waals surface area contributed by atoms with Crippen LogP contribution in [0.15, 0.2) is 60.7 Å². The highest BCUT2D eigenvalue weighted by atomic mass is 16.4. The molecule has 1 amide bonds. The first-order chi connectivity index (χ1) is 12.5. The largest absolute Gasteiger partial charge is 0.481 e. The molecule has 2 aromatic rings. The van der Waals surface area contributed by atoms with E-state index in [1.807, 2.05) is 12.1 Å². The number of carbonyl (C=O) groups excluding carboxylic acids is 1. The van der Waals surface area contributed by atoms with E-state index in [2.05, 4.69) is 5.32 Å². The lowest BCUT2D eigenvalue weighted by Gasteiger charge is -2.49. The van der Waals surface area contributed by atoms with Crippen molar-refractivity contribution in [3.8, 4) is 0 Å². The van der Waals surface area contributed by atoms with Gasteiger partial charge in [-0.25, -0.2) is 0 Å². The van der Waals surface area contributed by atoms with Crippen LogP contribution in [0.5, 0.6) is 0 Å². The highest BCUT2D eigenvalue weighted by molar-refractivity contribution is 5.89. The Morgan fingerprint density at radius 2 is 1.23 bits per heavy atom. The number of carbonyl (C=O) groups is 3. The maximum atomic E-state index is 12.7. The molecule has 0 aliphatic heterocycles. The van der Waals surface area contributed by atoms with Crippen LogP contribution in [-0.2, 0) is 14.4 Å². The van der Waals surface area contributed by atoms with Gasteiger partial charge in [0.05, 0.1) is 11.8 Å². The predicted octanol–water partition coefficient (Wildman–Crippen LogP) is 2.09. The molecule has 0 aromatic heterocycles. The molecular weight excluding hydrogens is 334 g/mol. The summed E-state index contributed by atoms with van der Waals surface area (Å²) in [6, 6.07) is 18.1. The second-order valence-electron chi connectivity index (χ2n) is 6.37. The van der Waals surface area contributed by atoms with Gasteiger partial charge in [-0.2, -0.15) is 0 Å². The van der Waals surface area contributed by atoms with Crippen LogP contribution >= 0.6 is 0 Å². The van der Waals surface area contributed by atoms with Crippen LogP contribution < -0.4 is 5.32 Å². The number of nitrogens with one attached hydrogen (secondary N) is 1. The zero-order valence-electron chi connectivity index (χ0n) is 13.9. The lowest BCUT2D eigenvalue weighted by Crippen LogP contribution is -2.54. The minimum absolute atomic E-state index is 0.437. The third kappa shape index (κ3) is 3.31. The van der Waals surface area contributed by atoms with Gasteiger partial charge in [-0.1, -0.05) is 60.7 Å². The van der Waals surface area contributed by atoms with Crippen molar-refractivity contribution in [2.24, 2.45) is 11.8 Å². The Balaban J connectivity index is 1.99. The van der Waals surface area contributed by atoms with Crippen molar-refractivity contribution in [3.63, 3.8) is 0 Å². The Labute approximate surface area is 150 Å². The highest BCUT2D eigenvalue weighted by Gasteiger charge is 2.58. The molecule has 26 heavy (non-hydrogen) atoms. The van der Waals surface area contributed by atoms with Gasteiger partial charge < -0.3 is 15.5 Å². The molecule has 2 aromatic carbocycles. The number of carboxylic acids is 2. The molecule has 6 nitrogen and oxygen atoms in total. The minimum Gasteiger partial charge on any atom is -0.481 e. The Morgan fingerprint density at radius 1 is 0.769 bits per heavy atom. The first-order valence-corrected chi connectivity index (χ1v) is 8.33. The molecule has 0 saturated heterocycles. The molecule has 0 spiro atoms. The maximum absolute atomic E-state index is 12.7. The zero-order chi connectivity index (χ0) is 18.7. The molecule has 6 heteroatoms. The number of rotatable bonds is 6. The van der Waals surface area contributed by atoms with E-state index in [1.165, 1.54) is 0 Å². The molecule has 0 radical (unpaired) electrons. The number of aliphatic carboxylic acids is 2. The SMILES string of the molecule is O=C(O)CNC(=O)C1[C@@H](c2ccccc2)C(C(=O)O)[C@@H]1c1ccccc1. The van der Waals surface area contributed by atoms with Crippen LogP contribution in [0.25, 0.3) is 0 Å². The molecular formula is C20H19NO5. The number of hydrogen-bond donors (Lipinski definition) is 3. The smallest absolute Gasteiger partial charge is 0.322 e. The summed E-state index contributed by atoms with van der Waals surface area (Å²) in [6.45, 7) is -0.490. The summed E-state index contributed by atoms with van der Waals surface area (Å²) in [4.78, 5) is 35.5. The van der Waals surface area contributed by atoms with E-state index in [0.717, 1.165) is 11.1 Å².